The molecule has 2 aromatic rings. The smallest absolute Gasteiger partial charge is 0.334 e. The maximum absolute atomic E-state index is 12.9. The first-order chi connectivity index (χ1) is 12.6. The van der Waals surface area contributed by atoms with Gasteiger partial charge in [0.1, 0.15) is 0 Å². The Bertz CT molecular complexity index is 754. The predicted molar refractivity (Wildman–Crippen MR) is 106 cm³/mol. The van der Waals surface area contributed by atoms with Gasteiger partial charge in [0.25, 0.3) is 0 Å². The highest BCUT2D eigenvalue weighted by molar-refractivity contribution is 8.05. The number of ether oxygens (including phenoxy) is 2. The van der Waals surface area contributed by atoms with Crippen molar-refractivity contribution < 1.29 is 19.1 Å². The lowest BCUT2D eigenvalue weighted by molar-refractivity contribution is -0.159. The van der Waals surface area contributed by atoms with Gasteiger partial charge in [0.2, 0.25) is 4.75 Å². The van der Waals surface area contributed by atoms with E-state index in [1.54, 1.807) is 36.9 Å². The summed E-state index contributed by atoms with van der Waals surface area (Å²) in [5, 5.41) is 4.00. The Balaban J connectivity index is 2.09. The average molecular weight is 409 g/mol. The van der Waals surface area contributed by atoms with Crippen molar-refractivity contribution >= 4 is 46.8 Å². The number of esters is 2. The number of carbonyl (C=O) groups excluding carboxylic acids is 2. The van der Waals surface area contributed by atoms with Gasteiger partial charge in [-0.2, -0.15) is 11.3 Å². The number of benzene rings is 1. The number of thioether (sulfide) groups is 2. The number of thiophene rings is 1. The molecule has 0 bridgehead atoms. The molecule has 0 N–H and O–H groups in total. The van der Waals surface area contributed by atoms with Crippen molar-refractivity contribution in [3.05, 3.63) is 46.7 Å². The largest absolute Gasteiger partial charge is 0.465 e. The molecule has 1 aliphatic rings. The molecule has 0 fully saturated rings. The molecule has 4 nitrogen and oxygen atoms in total. The van der Waals surface area contributed by atoms with Crippen LogP contribution in [0.4, 0.5) is 0 Å². The van der Waals surface area contributed by atoms with E-state index in [0.29, 0.717) is 6.42 Å². The zero-order chi connectivity index (χ0) is 18.6. The molecule has 1 aliphatic heterocycles. The number of fused-ring (bicyclic) bond motifs is 1. The van der Waals surface area contributed by atoms with E-state index in [1.165, 1.54) is 11.8 Å². The maximum Gasteiger partial charge on any atom is 0.334 e. The molecule has 1 aromatic heterocycles. The topological polar surface area (TPSA) is 52.6 Å². The van der Waals surface area contributed by atoms with Gasteiger partial charge < -0.3 is 9.47 Å². The molecular weight excluding hydrogens is 388 g/mol. The van der Waals surface area contributed by atoms with Crippen LogP contribution in [0.5, 0.6) is 0 Å². The van der Waals surface area contributed by atoms with Crippen LogP contribution in [0.1, 0.15) is 31.1 Å². The van der Waals surface area contributed by atoms with Gasteiger partial charge in [-0.05, 0) is 19.4 Å². The van der Waals surface area contributed by atoms with Crippen molar-refractivity contribution in [2.45, 2.75) is 40.1 Å². The predicted octanol–water partition coefficient (Wildman–Crippen LogP) is 4.94. The van der Waals surface area contributed by atoms with Gasteiger partial charge in [0.15, 0.2) is 0 Å². The summed E-state index contributed by atoms with van der Waals surface area (Å²) in [4.78, 5) is 27.9. The van der Waals surface area contributed by atoms with Crippen molar-refractivity contribution in [1.82, 2.24) is 0 Å². The van der Waals surface area contributed by atoms with Crippen molar-refractivity contribution in [1.29, 1.82) is 0 Å². The third-order valence-corrected chi connectivity index (χ3v) is 7.89. The van der Waals surface area contributed by atoms with Gasteiger partial charge in [-0.3, -0.25) is 0 Å². The molecule has 26 heavy (non-hydrogen) atoms. The first-order valence-electron chi connectivity index (χ1n) is 8.42. The van der Waals surface area contributed by atoms with Crippen LogP contribution in [0.25, 0.3) is 0 Å². The van der Waals surface area contributed by atoms with Gasteiger partial charge in [-0.15, -0.1) is 11.8 Å². The summed E-state index contributed by atoms with van der Waals surface area (Å²) in [6.07, 6.45) is 0.323. The van der Waals surface area contributed by atoms with E-state index >= 15 is 0 Å². The minimum Gasteiger partial charge on any atom is -0.465 e. The summed E-state index contributed by atoms with van der Waals surface area (Å²) in [6.45, 7) is 3.94. The molecule has 3 rings (SSSR count). The molecule has 0 saturated heterocycles. The SMILES string of the molecule is CCOC(=O)C1(C(=O)OCC)CC(c2ccccc2)Sc2cscc2S1. The Hall–Kier alpha value is -1.44. The van der Waals surface area contributed by atoms with Gasteiger partial charge >= 0.3 is 11.9 Å². The summed E-state index contributed by atoms with van der Waals surface area (Å²) in [6, 6.07) is 9.96. The quantitative estimate of drug-likeness (QED) is 0.516. The number of rotatable bonds is 5. The van der Waals surface area contributed by atoms with E-state index in [2.05, 4.69) is 5.38 Å². The molecule has 1 aromatic carbocycles. The molecule has 0 saturated carbocycles. The first-order valence-corrected chi connectivity index (χ1v) is 11.1. The monoisotopic (exact) mass is 408 g/mol. The molecular formula is C19H20O4S3. The molecule has 1 atom stereocenters. The molecule has 7 heteroatoms. The summed E-state index contributed by atoms with van der Waals surface area (Å²) in [7, 11) is 0. The molecule has 138 valence electrons. The second-order valence-electron chi connectivity index (χ2n) is 5.69. The second kappa shape index (κ2) is 8.50. The van der Waals surface area contributed by atoms with Gasteiger partial charge in [-0.1, -0.05) is 42.1 Å². The van der Waals surface area contributed by atoms with E-state index in [1.807, 2.05) is 35.7 Å². The van der Waals surface area contributed by atoms with Crippen molar-refractivity contribution in [2.75, 3.05) is 13.2 Å². The fourth-order valence-electron chi connectivity index (χ4n) is 2.80. The molecule has 0 aliphatic carbocycles. The van der Waals surface area contributed by atoms with Crippen LogP contribution in [-0.4, -0.2) is 29.9 Å². The van der Waals surface area contributed by atoms with Crippen LogP contribution in [0, 0.1) is 0 Å². The second-order valence-corrected chi connectivity index (χ2v) is 9.02. The standard InChI is InChI=1S/C19H20O4S3/c1-3-22-17(20)19(18(21)23-4-2)10-14(13-8-6-5-7-9-13)25-15-11-24-12-16(15)26-19/h5-9,11-12,14H,3-4,10H2,1-2H3. The fourth-order valence-corrected chi connectivity index (χ4v) is 6.82. The van der Waals surface area contributed by atoms with Crippen molar-refractivity contribution in [3.63, 3.8) is 0 Å². The van der Waals surface area contributed by atoms with Crippen LogP contribution in [-0.2, 0) is 19.1 Å². The Labute approximate surface area is 165 Å². The van der Waals surface area contributed by atoms with E-state index in [9.17, 15) is 9.59 Å². The fraction of sp³-hybridized carbons (Fsp3) is 0.368. The van der Waals surface area contributed by atoms with Gasteiger partial charge in [-0.25, -0.2) is 9.59 Å². The third-order valence-electron chi connectivity index (χ3n) is 4.00. The first kappa shape index (κ1) is 19.3. The van der Waals surface area contributed by atoms with Crippen LogP contribution in [0.15, 0.2) is 50.9 Å². The lowest BCUT2D eigenvalue weighted by Crippen LogP contribution is -2.46. The zero-order valence-electron chi connectivity index (χ0n) is 14.6. The van der Waals surface area contributed by atoms with Gasteiger partial charge in [0.05, 0.1) is 13.2 Å². The van der Waals surface area contributed by atoms with Crippen LogP contribution >= 0.6 is 34.9 Å². The number of carbonyl (C=O) groups is 2. The molecule has 2 heterocycles. The third kappa shape index (κ3) is 3.80. The van der Waals surface area contributed by atoms with E-state index in [0.717, 1.165) is 15.4 Å². The van der Waals surface area contributed by atoms with Crippen molar-refractivity contribution in [2.24, 2.45) is 0 Å². The maximum atomic E-state index is 12.9. The number of hydrogen-bond acceptors (Lipinski definition) is 7. The van der Waals surface area contributed by atoms with Crippen LogP contribution in [0.2, 0.25) is 0 Å². The highest BCUT2D eigenvalue weighted by Crippen LogP contribution is 2.55. The summed E-state index contributed by atoms with van der Waals surface area (Å²) in [5.41, 5.74) is 1.08. The highest BCUT2D eigenvalue weighted by Gasteiger charge is 2.53. The summed E-state index contributed by atoms with van der Waals surface area (Å²) in [5.74, 6) is -1.05. The molecule has 0 amide bonds. The lowest BCUT2D eigenvalue weighted by Gasteiger charge is -2.29. The lowest BCUT2D eigenvalue weighted by atomic mass is 9.97. The Morgan fingerprint density at radius 2 is 1.65 bits per heavy atom. The highest BCUT2D eigenvalue weighted by atomic mass is 32.2. The molecule has 0 spiro atoms. The molecule has 0 radical (unpaired) electrons. The summed E-state index contributed by atoms with van der Waals surface area (Å²) >= 11 is 4.52. The van der Waals surface area contributed by atoms with Crippen LogP contribution in [0.3, 0.4) is 0 Å². The Morgan fingerprint density at radius 1 is 1.04 bits per heavy atom. The Kier molecular flexibility index (Phi) is 6.32. The molecule has 1 unspecified atom stereocenters. The van der Waals surface area contributed by atoms with E-state index < -0.39 is 16.7 Å². The van der Waals surface area contributed by atoms with Crippen LogP contribution < -0.4 is 0 Å². The average Bonchev–Trinajstić information content (AvgIpc) is 3.00. The zero-order valence-corrected chi connectivity index (χ0v) is 17.0. The minimum atomic E-state index is -1.40. The number of hydrogen-bond donors (Lipinski definition) is 0. The van der Waals surface area contributed by atoms with E-state index in [-0.39, 0.29) is 18.5 Å². The Morgan fingerprint density at radius 3 is 2.27 bits per heavy atom. The van der Waals surface area contributed by atoms with E-state index in [4.69, 9.17) is 9.47 Å². The van der Waals surface area contributed by atoms with Crippen molar-refractivity contribution in [3.8, 4) is 0 Å². The van der Waals surface area contributed by atoms with Gasteiger partial charge in [0, 0.05) is 32.2 Å². The normalized spacial score (nSPS) is 18.5. The minimum absolute atomic E-state index is 0.0478. The summed E-state index contributed by atoms with van der Waals surface area (Å²) < 4.78 is 9.24.